The van der Waals surface area contributed by atoms with E-state index < -0.39 is 0 Å². The third kappa shape index (κ3) is 4.11. The minimum absolute atomic E-state index is 0. The summed E-state index contributed by atoms with van der Waals surface area (Å²) in [5, 5.41) is 4.05. The smallest absolute Gasteiger partial charge is 0.232 e. The van der Waals surface area contributed by atoms with E-state index in [1.807, 2.05) is 24.3 Å². The molecular formula is C18H21ClN6O. The molecule has 8 heteroatoms. The van der Waals surface area contributed by atoms with E-state index in [4.69, 9.17) is 10.3 Å². The van der Waals surface area contributed by atoms with Gasteiger partial charge in [0, 0.05) is 30.5 Å². The summed E-state index contributed by atoms with van der Waals surface area (Å²) < 4.78 is 5.33. The van der Waals surface area contributed by atoms with Crippen molar-refractivity contribution in [3.63, 3.8) is 0 Å². The SMILES string of the molecule is Cl.Nc1ccc(Cc2nc(-c3ccc(N4CCCCC4)nc3)no2)nc1. The summed E-state index contributed by atoms with van der Waals surface area (Å²) in [7, 11) is 0. The molecule has 0 atom stereocenters. The number of hydrogen-bond acceptors (Lipinski definition) is 7. The highest BCUT2D eigenvalue weighted by Crippen LogP contribution is 2.21. The quantitative estimate of drug-likeness (QED) is 0.751. The van der Waals surface area contributed by atoms with Crippen molar-refractivity contribution < 1.29 is 4.52 Å². The van der Waals surface area contributed by atoms with Crippen molar-refractivity contribution in [2.75, 3.05) is 23.7 Å². The number of halogens is 1. The monoisotopic (exact) mass is 372 g/mol. The van der Waals surface area contributed by atoms with Crippen LogP contribution in [0, 0.1) is 0 Å². The van der Waals surface area contributed by atoms with E-state index in [0.29, 0.717) is 23.8 Å². The molecule has 3 aromatic heterocycles. The van der Waals surface area contributed by atoms with Crippen molar-refractivity contribution in [2.24, 2.45) is 0 Å². The van der Waals surface area contributed by atoms with Gasteiger partial charge in [0.1, 0.15) is 5.82 Å². The van der Waals surface area contributed by atoms with Crippen LogP contribution in [0.4, 0.5) is 11.5 Å². The molecule has 0 aromatic carbocycles. The molecule has 1 fully saturated rings. The maximum Gasteiger partial charge on any atom is 0.232 e. The van der Waals surface area contributed by atoms with E-state index >= 15 is 0 Å². The number of piperidine rings is 1. The van der Waals surface area contributed by atoms with E-state index in [1.54, 1.807) is 12.4 Å². The molecule has 0 unspecified atom stereocenters. The minimum atomic E-state index is 0. The van der Waals surface area contributed by atoms with Gasteiger partial charge in [-0.3, -0.25) is 4.98 Å². The number of nitrogens with zero attached hydrogens (tertiary/aromatic N) is 5. The van der Waals surface area contributed by atoms with E-state index in [-0.39, 0.29) is 12.4 Å². The van der Waals surface area contributed by atoms with Crippen molar-refractivity contribution in [1.82, 2.24) is 20.1 Å². The minimum Gasteiger partial charge on any atom is -0.397 e. The van der Waals surface area contributed by atoms with Crippen LogP contribution in [0.25, 0.3) is 11.4 Å². The Labute approximate surface area is 158 Å². The number of nitrogen functional groups attached to an aromatic ring is 1. The lowest BCUT2D eigenvalue weighted by atomic mass is 10.1. The van der Waals surface area contributed by atoms with Gasteiger partial charge < -0.3 is 15.2 Å². The highest BCUT2D eigenvalue weighted by molar-refractivity contribution is 5.85. The zero-order valence-electron chi connectivity index (χ0n) is 14.3. The predicted octanol–water partition coefficient (Wildman–Crippen LogP) is 3.11. The maximum absolute atomic E-state index is 5.64. The Morgan fingerprint density at radius 2 is 1.85 bits per heavy atom. The summed E-state index contributed by atoms with van der Waals surface area (Å²) in [4.78, 5) is 15.6. The van der Waals surface area contributed by atoms with Crippen LogP contribution in [-0.2, 0) is 6.42 Å². The molecule has 0 saturated carbocycles. The lowest BCUT2D eigenvalue weighted by molar-refractivity contribution is 0.385. The lowest BCUT2D eigenvalue weighted by Crippen LogP contribution is -2.29. The Kier molecular flexibility index (Phi) is 5.68. The molecule has 2 N–H and O–H groups in total. The zero-order chi connectivity index (χ0) is 17.1. The van der Waals surface area contributed by atoms with Gasteiger partial charge in [-0.25, -0.2) is 4.98 Å². The van der Waals surface area contributed by atoms with Gasteiger partial charge in [0.05, 0.1) is 18.3 Å². The normalized spacial score (nSPS) is 14.1. The average molecular weight is 373 g/mol. The highest BCUT2D eigenvalue weighted by Gasteiger charge is 2.14. The standard InChI is InChI=1S/C18H20N6O.ClH/c19-14-5-6-15(20-12-14)10-17-22-18(23-25-17)13-4-7-16(21-11-13)24-8-2-1-3-9-24;/h4-7,11-12H,1-3,8-10,19H2;1H. The first-order valence-electron chi connectivity index (χ1n) is 8.52. The van der Waals surface area contributed by atoms with Crippen LogP contribution >= 0.6 is 12.4 Å². The van der Waals surface area contributed by atoms with Crippen molar-refractivity contribution in [1.29, 1.82) is 0 Å². The summed E-state index contributed by atoms with van der Waals surface area (Å²) in [5.41, 5.74) is 7.96. The molecule has 0 radical (unpaired) electrons. The molecule has 7 nitrogen and oxygen atoms in total. The van der Waals surface area contributed by atoms with Crippen LogP contribution in [0.5, 0.6) is 0 Å². The van der Waals surface area contributed by atoms with Crippen LogP contribution in [-0.4, -0.2) is 33.2 Å². The summed E-state index contributed by atoms with van der Waals surface area (Å²) in [6.07, 6.45) is 7.68. The molecule has 1 saturated heterocycles. The van der Waals surface area contributed by atoms with Crippen LogP contribution < -0.4 is 10.6 Å². The third-order valence-electron chi connectivity index (χ3n) is 4.33. The third-order valence-corrected chi connectivity index (χ3v) is 4.33. The second-order valence-electron chi connectivity index (χ2n) is 6.22. The van der Waals surface area contributed by atoms with Crippen LogP contribution in [0.2, 0.25) is 0 Å². The van der Waals surface area contributed by atoms with Crippen LogP contribution in [0.1, 0.15) is 30.8 Å². The number of nitrogens with two attached hydrogens (primary N) is 1. The maximum atomic E-state index is 5.64. The van der Waals surface area contributed by atoms with Crippen molar-refractivity contribution in [3.05, 3.63) is 48.2 Å². The van der Waals surface area contributed by atoms with Crippen molar-refractivity contribution in [2.45, 2.75) is 25.7 Å². The fourth-order valence-corrected chi connectivity index (χ4v) is 2.97. The van der Waals surface area contributed by atoms with Gasteiger partial charge in [0.2, 0.25) is 11.7 Å². The van der Waals surface area contributed by atoms with Gasteiger partial charge in [0.15, 0.2) is 0 Å². The Morgan fingerprint density at radius 3 is 2.54 bits per heavy atom. The number of aromatic nitrogens is 4. The first-order valence-corrected chi connectivity index (χ1v) is 8.52. The van der Waals surface area contributed by atoms with Crippen LogP contribution in [0.15, 0.2) is 41.2 Å². The molecule has 26 heavy (non-hydrogen) atoms. The summed E-state index contributed by atoms with van der Waals surface area (Å²) in [6.45, 7) is 2.15. The molecule has 3 aromatic rings. The molecular weight excluding hydrogens is 352 g/mol. The Morgan fingerprint density at radius 1 is 1.00 bits per heavy atom. The van der Waals surface area contributed by atoms with Crippen molar-refractivity contribution >= 4 is 23.9 Å². The lowest BCUT2D eigenvalue weighted by Gasteiger charge is -2.27. The van der Waals surface area contributed by atoms with Crippen LogP contribution in [0.3, 0.4) is 0 Å². The Bertz CT molecular complexity index is 828. The van der Waals surface area contributed by atoms with Gasteiger partial charge in [-0.05, 0) is 43.5 Å². The fraction of sp³-hybridized carbons (Fsp3) is 0.333. The Balaban J connectivity index is 0.00000196. The Hall–Kier alpha value is -2.67. The topological polar surface area (TPSA) is 94.0 Å². The molecule has 0 aliphatic carbocycles. The summed E-state index contributed by atoms with van der Waals surface area (Å²) in [5.74, 6) is 2.08. The van der Waals surface area contributed by atoms with Gasteiger partial charge in [-0.2, -0.15) is 4.98 Å². The number of hydrogen-bond donors (Lipinski definition) is 1. The number of rotatable bonds is 4. The van der Waals surface area contributed by atoms with E-state index in [2.05, 4.69) is 25.0 Å². The van der Waals surface area contributed by atoms with E-state index in [1.165, 1.54) is 19.3 Å². The number of pyridine rings is 2. The molecule has 1 aliphatic heterocycles. The van der Waals surface area contributed by atoms with E-state index in [0.717, 1.165) is 30.2 Å². The summed E-state index contributed by atoms with van der Waals surface area (Å²) in [6, 6.07) is 7.68. The molecule has 1 aliphatic rings. The number of anilines is 2. The zero-order valence-corrected chi connectivity index (χ0v) is 15.2. The fourth-order valence-electron chi connectivity index (χ4n) is 2.97. The van der Waals surface area contributed by atoms with Gasteiger partial charge in [0.25, 0.3) is 0 Å². The molecule has 4 rings (SSSR count). The molecule has 0 amide bonds. The molecule has 0 spiro atoms. The molecule has 136 valence electrons. The largest absolute Gasteiger partial charge is 0.397 e. The van der Waals surface area contributed by atoms with Gasteiger partial charge >= 0.3 is 0 Å². The second kappa shape index (κ2) is 8.14. The summed E-state index contributed by atoms with van der Waals surface area (Å²) >= 11 is 0. The second-order valence-corrected chi connectivity index (χ2v) is 6.22. The van der Waals surface area contributed by atoms with Gasteiger partial charge in [-0.1, -0.05) is 5.16 Å². The van der Waals surface area contributed by atoms with Gasteiger partial charge in [-0.15, -0.1) is 12.4 Å². The van der Waals surface area contributed by atoms with Crippen molar-refractivity contribution in [3.8, 4) is 11.4 Å². The average Bonchev–Trinajstić information content (AvgIpc) is 3.13. The highest BCUT2D eigenvalue weighted by atomic mass is 35.5. The van der Waals surface area contributed by atoms with E-state index in [9.17, 15) is 0 Å². The first-order chi connectivity index (χ1) is 12.3. The predicted molar refractivity (Wildman–Crippen MR) is 102 cm³/mol. The first kappa shape index (κ1) is 18.1. The molecule has 0 bridgehead atoms. The molecule has 4 heterocycles.